The summed E-state index contributed by atoms with van der Waals surface area (Å²) >= 11 is 7.80. The third kappa shape index (κ3) is 4.74. The summed E-state index contributed by atoms with van der Waals surface area (Å²) in [6.07, 6.45) is 6.14. The normalized spacial score (nSPS) is 15.2. The summed E-state index contributed by atoms with van der Waals surface area (Å²) in [4.78, 5) is 13.1. The van der Waals surface area contributed by atoms with Crippen molar-refractivity contribution < 1.29 is 9.53 Å². The van der Waals surface area contributed by atoms with E-state index in [4.69, 9.17) is 16.3 Å². The first kappa shape index (κ1) is 17.3. The molecule has 3 rings (SSSR count). The lowest BCUT2D eigenvalue weighted by Gasteiger charge is -2.24. The molecule has 0 saturated heterocycles. The van der Waals surface area contributed by atoms with Gasteiger partial charge in [0.25, 0.3) is 5.91 Å². The largest absolute Gasteiger partial charge is 0.483 e. The topological polar surface area (TPSA) is 38.3 Å². The van der Waals surface area contributed by atoms with Gasteiger partial charge in [-0.3, -0.25) is 4.79 Å². The quantitative estimate of drug-likeness (QED) is 0.771. The predicted octanol–water partition coefficient (Wildman–Crippen LogP) is 5.14. The van der Waals surface area contributed by atoms with E-state index < -0.39 is 0 Å². The second kappa shape index (κ2) is 8.54. The van der Waals surface area contributed by atoms with E-state index in [1.165, 1.54) is 32.1 Å². The van der Waals surface area contributed by atoms with E-state index in [1.54, 1.807) is 11.3 Å². The van der Waals surface area contributed by atoms with Crippen LogP contribution in [0.5, 0.6) is 5.75 Å². The summed E-state index contributed by atoms with van der Waals surface area (Å²) in [5.74, 6) is 1.17. The Labute approximate surface area is 152 Å². The smallest absolute Gasteiger partial charge is 0.258 e. The molecule has 0 unspecified atom stereocenters. The second-order valence-corrected chi connectivity index (χ2v) is 7.63. The number of halogens is 1. The molecule has 0 aliphatic heterocycles. The molecule has 1 aromatic heterocycles. The van der Waals surface area contributed by atoms with Crippen molar-refractivity contribution in [3.63, 3.8) is 0 Å². The summed E-state index contributed by atoms with van der Waals surface area (Å²) in [5, 5.41) is 5.62. The van der Waals surface area contributed by atoms with Gasteiger partial charge in [0.05, 0.1) is 6.54 Å². The van der Waals surface area contributed by atoms with E-state index in [-0.39, 0.29) is 12.5 Å². The maximum absolute atomic E-state index is 12.0. The number of benzene rings is 1. The average Bonchev–Trinajstić information content (AvgIpc) is 3.13. The van der Waals surface area contributed by atoms with E-state index in [9.17, 15) is 4.79 Å². The molecule has 0 spiro atoms. The lowest BCUT2D eigenvalue weighted by atomic mass is 9.84. The van der Waals surface area contributed by atoms with Crippen LogP contribution in [0, 0.1) is 0 Å². The van der Waals surface area contributed by atoms with Crippen molar-refractivity contribution in [2.45, 2.75) is 44.6 Å². The molecule has 1 amide bonds. The molecular formula is C19H22ClNO2S. The predicted molar refractivity (Wildman–Crippen MR) is 98.9 cm³/mol. The Hall–Kier alpha value is -1.52. The molecule has 3 nitrogen and oxygen atoms in total. The number of hydrogen-bond donors (Lipinski definition) is 1. The van der Waals surface area contributed by atoms with Crippen LogP contribution in [0.15, 0.2) is 35.7 Å². The number of thiophene rings is 1. The highest BCUT2D eigenvalue weighted by atomic mass is 35.5. The fraction of sp³-hybridized carbons (Fsp3) is 0.421. The second-order valence-electron chi connectivity index (χ2n) is 6.16. The number of amides is 1. The maximum Gasteiger partial charge on any atom is 0.258 e. The van der Waals surface area contributed by atoms with E-state index in [1.807, 2.05) is 35.7 Å². The van der Waals surface area contributed by atoms with Crippen LogP contribution in [0.25, 0.3) is 0 Å². The van der Waals surface area contributed by atoms with E-state index in [0.29, 0.717) is 12.5 Å². The molecule has 1 aromatic carbocycles. The Morgan fingerprint density at radius 3 is 2.83 bits per heavy atom. The Morgan fingerprint density at radius 1 is 1.25 bits per heavy atom. The Morgan fingerprint density at radius 2 is 2.08 bits per heavy atom. The van der Waals surface area contributed by atoms with Crippen molar-refractivity contribution in [1.82, 2.24) is 5.32 Å². The van der Waals surface area contributed by atoms with Gasteiger partial charge in [0.1, 0.15) is 5.75 Å². The van der Waals surface area contributed by atoms with Gasteiger partial charge in [-0.05, 0) is 54.0 Å². The minimum Gasteiger partial charge on any atom is -0.483 e. The van der Waals surface area contributed by atoms with Crippen LogP contribution in [0.2, 0.25) is 5.02 Å². The highest BCUT2D eigenvalue weighted by molar-refractivity contribution is 7.09. The van der Waals surface area contributed by atoms with Crippen LogP contribution in [0.3, 0.4) is 0 Å². The zero-order valence-corrected chi connectivity index (χ0v) is 15.2. The molecule has 1 aliphatic rings. The minimum atomic E-state index is -0.104. The number of ether oxygens (including phenoxy) is 1. The zero-order chi connectivity index (χ0) is 16.8. The third-order valence-corrected chi connectivity index (χ3v) is 5.53. The first-order valence-electron chi connectivity index (χ1n) is 8.43. The SMILES string of the molecule is O=C(COc1ccc(Cl)cc1C1CCCCC1)NCc1cccs1. The van der Waals surface area contributed by atoms with Crippen molar-refractivity contribution in [3.8, 4) is 5.75 Å². The highest BCUT2D eigenvalue weighted by Crippen LogP contribution is 2.38. The molecule has 1 N–H and O–H groups in total. The van der Waals surface area contributed by atoms with Gasteiger partial charge in [-0.25, -0.2) is 0 Å². The van der Waals surface area contributed by atoms with Crippen LogP contribution >= 0.6 is 22.9 Å². The molecule has 5 heteroatoms. The maximum atomic E-state index is 12.0. The molecule has 2 aromatic rings. The van der Waals surface area contributed by atoms with E-state index in [0.717, 1.165) is 21.2 Å². The molecule has 24 heavy (non-hydrogen) atoms. The monoisotopic (exact) mass is 363 g/mol. The van der Waals surface area contributed by atoms with Gasteiger partial charge in [-0.1, -0.05) is 36.9 Å². The van der Waals surface area contributed by atoms with Crippen molar-refractivity contribution in [1.29, 1.82) is 0 Å². The number of hydrogen-bond acceptors (Lipinski definition) is 3. The molecule has 0 bridgehead atoms. The Bertz CT molecular complexity index is 666. The van der Waals surface area contributed by atoms with E-state index >= 15 is 0 Å². The lowest BCUT2D eigenvalue weighted by Crippen LogP contribution is -2.28. The lowest BCUT2D eigenvalue weighted by molar-refractivity contribution is -0.123. The highest BCUT2D eigenvalue weighted by Gasteiger charge is 2.20. The first-order chi connectivity index (χ1) is 11.7. The van der Waals surface area contributed by atoms with Crippen LogP contribution in [0.4, 0.5) is 0 Å². The van der Waals surface area contributed by atoms with Crippen molar-refractivity contribution in [2.75, 3.05) is 6.61 Å². The van der Waals surface area contributed by atoms with Crippen molar-refractivity contribution in [2.24, 2.45) is 0 Å². The summed E-state index contributed by atoms with van der Waals surface area (Å²) in [7, 11) is 0. The Kier molecular flexibility index (Phi) is 6.16. The molecule has 128 valence electrons. The van der Waals surface area contributed by atoms with Crippen molar-refractivity contribution in [3.05, 3.63) is 51.2 Å². The summed E-state index contributed by atoms with van der Waals surface area (Å²) in [6, 6.07) is 9.70. The van der Waals surface area contributed by atoms with Gasteiger partial charge < -0.3 is 10.1 Å². The van der Waals surface area contributed by atoms with Gasteiger partial charge in [-0.2, -0.15) is 0 Å². The van der Waals surface area contributed by atoms with Crippen LogP contribution in [-0.2, 0) is 11.3 Å². The molecular weight excluding hydrogens is 342 g/mol. The Balaban J connectivity index is 1.58. The fourth-order valence-corrected chi connectivity index (χ4v) is 4.00. The average molecular weight is 364 g/mol. The first-order valence-corrected chi connectivity index (χ1v) is 9.69. The summed E-state index contributed by atoms with van der Waals surface area (Å²) in [5.41, 5.74) is 1.15. The minimum absolute atomic E-state index is 0.0345. The van der Waals surface area contributed by atoms with Gasteiger partial charge in [0, 0.05) is 9.90 Å². The van der Waals surface area contributed by atoms with Gasteiger partial charge >= 0.3 is 0 Å². The van der Waals surface area contributed by atoms with Crippen LogP contribution in [-0.4, -0.2) is 12.5 Å². The molecule has 0 radical (unpaired) electrons. The summed E-state index contributed by atoms with van der Waals surface area (Å²) in [6.45, 7) is 0.586. The van der Waals surface area contributed by atoms with Crippen molar-refractivity contribution >= 4 is 28.8 Å². The molecule has 1 heterocycles. The van der Waals surface area contributed by atoms with Crippen LogP contribution in [0.1, 0.15) is 48.5 Å². The van der Waals surface area contributed by atoms with Crippen LogP contribution < -0.4 is 10.1 Å². The van der Waals surface area contributed by atoms with Gasteiger partial charge in [-0.15, -0.1) is 11.3 Å². The zero-order valence-electron chi connectivity index (χ0n) is 13.6. The fourth-order valence-electron chi connectivity index (χ4n) is 3.18. The van der Waals surface area contributed by atoms with Gasteiger partial charge in [0.2, 0.25) is 0 Å². The van der Waals surface area contributed by atoms with Gasteiger partial charge in [0.15, 0.2) is 6.61 Å². The number of nitrogens with one attached hydrogen (secondary N) is 1. The number of carbonyl (C=O) groups is 1. The standard InChI is InChI=1S/C19H22ClNO2S/c20-15-8-9-18(17(11-15)14-5-2-1-3-6-14)23-13-19(22)21-12-16-7-4-10-24-16/h4,7-11,14H,1-3,5-6,12-13H2,(H,21,22). The summed E-state index contributed by atoms with van der Waals surface area (Å²) < 4.78 is 5.81. The molecule has 1 aliphatic carbocycles. The molecule has 0 atom stereocenters. The van der Waals surface area contributed by atoms with E-state index in [2.05, 4.69) is 5.32 Å². The number of rotatable bonds is 6. The molecule has 1 saturated carbocycles. The number of carbonyl (C=O) groups excluding carboxylic acids is 1. The molecule has 1 fully saturated rings. The third-order valence-electron chi connectivity index (χ3n) is 4.42.